The lowest BCUT2D eigenvalue weighted by Gasteiger charge is -2.29. The highest BCUT2D eigenvalue weighted by molar-refractivity contribution is 5.96. The quantitative estimate of drug-likeness (QED) is 0.342. The highest BCUT2D eigenvalue weighted by atomic mass is 16.5. The fraction of sp³-hybridized carbons (Fsp3) is 0.241. The second-order valence-corrected chi connectivity index (χ2v) is 9.32. The molecule has 1 aliphatic heterocycles. The molecule has 6 heteroatoms. The number of aromatic nitrogens is 3. The van der Waals surface area contributed by atoms with Gasteiger partial charge in [0.2, 0.25) is 0 Å². The van der Waals surface area contributed by atoms with Crippen LogP contribution in [-0.4, -0.2) is 45.7 Å². The van der Waals surface area contributed by atoms with E-state index in [9.17, 15) is 0 Å². The van der Waals surface area contributed by atoms with Crippen molar-refractivity contribution in [2.24, 2.45) is 0 Å². The molecule has 6 nitrogen and oxygen atoms in total. The second kappa shape index (κ2) is 9.39. The fourth-order valence-electron chi connectivity index (χ4n) is 4.89. The number of piperidine rings is 1. The lowest BCUT2D eigenvalue weighted by Crippen LogP contribution is -2.35. The Morgan fingerprint density at radius 2 is 1.80 bits per heavy atom. The van der Waals surface area contributed by atoms with Gasteiger partial charge in [0, 0.05) is 42.4 Å². The van der Waals surface area contributed by atoms with Gasteiger partial charge in [-0.05, 0) is 61.9 Å². The Bertz CT molecular complexity index is 1450. The normalized spacial score (nSPS) is 15.0. The molecule has 1 saturated heterocycles. The van der Waals surface area contributed by atoms with E-state index in [2.05, 4.69) is 92.6 Å². The average Bonchev–Trinajstić information content (AvgIpc) is 3.28. The van der Waals surface area contributed by atoms with E-state index < -0.39 is 0 Å². The van der Waals surface area contributed by atoms with Crippen molar-refractivity contribution in [3.63, 3.8) is 0 Å². The molecule has 0 amide bonds. The summed E-state index contributed by atoms with van der Waals surface area (Å²) >= 11 is 0. The van der Waals surface area contributed by atoms with Crippen LogP contribution in [0.4, 0.5) is 11.5 Å². The molecule has 6 rings (SSSR count). The smallest absolute Gasteiger partial charge is 0.145 e. The van der Waals surface area contributed by atoms with E-state index in [4.69, 9.17) is 4.74 Å². The van der Waals surface area contributed by atoms with E-state index in [0.717, 1.165) is 60.6 Å². The van der Waals surface area contributed by atoms with E-state index in [1.54, 1.807) is 6.33 Å². The van der Waals surface area contributed by atoms with Crippen LogP contribution in [0.25, 0.3) is 21.8 Å². The SMILES string of the molecule is CN1CCC(Oc2cccc3ncnc(Nc4ccc5c(ccn5Cc5ccccc5)c4)c23)CC1. The first-order valence-electron chi connectivity index (χ1n) is 12.2. The molecule has 0 atom stereocenters. The van der Waals surface area contributed by atoms with Crippen LogP contribution in [0.2, 0.25) is 0 Å². The number of ether oxygens (including phenoxy) is 1. The Morgan fingerprint density at radius 1 is 0.943 bits per heavy atom. The van der Waals surface area contributed by atoms with E-state index in [-0.39, 0.29) is 6.10 Å². The Kier molecular flexibility index (Phi) is 5.80. The van der Waals surface area contributed by atoms with Gasteiger partial charge < -0.3 is 19.5 Å². The molecular weight excluding hydrogens is 434 g/mol. The highest BCUT2D eigenvalue weighted by Gasteiger charge is 2.20. The van der Waals surface area contributed by atoms with Crippen molar-refractivity contribution in [2.75, 3.05) is 25.5 Å². The molecule has 1 N–H and O–H groups in total. The summed E-state index contributed by atoms with van der Waals surface area (Å²) in [5, 5.41) is 5.65. The van der Waals surface area contributed by atoms with E-state index in [1.807, 2.05) is 18.2 Å². The minimum Gasteiger partial charge on any atom is -0.489 e. The maximum absolute atomic E-state index is 6.48. The lowest BCUT2D eigenvalue weighted by atomic mass is 10.1. The maximum atomic E-state index is 6.48. The summed E-state index contributed by atoms with van der Waals surface area (Å²) < 4.78 is 8.76. The minimum atomic E-state index is 0.214. The molecule has 176 valence electrons. The highest BCUT2D eigenvalue weighted by Crippen LogP contribution is 2.34. The van der Waals surface area contributed by atoms with E-state index in [1.165, 1.54) is 16.5 Å². The number of fused-ring (bicyclic) bond motifs is 2. The predicted octanol–water partition coefficient (Wildman–Crippen LogP) is 5.85. The van der Waals surface area contributed by atoms with Gasteiger partial charge in [-0.3, -0.25) is 0 Å². The molecule has 3 heterocycles. The summed E-state index contributed by atoms with van der Waals surface area (Å²) in [5.74, 6) is 1.61. The van der Waals surface area contributed by atoms with E-state index in [0.29, 0.717) is 0 Å². The number of likely N-dealkylation sites (tertiary alicyclic amines) is 1. The molecule has 5 aromatic rings. The van der Waals surface area contributed by atoms with Gasteiger partial charge in [0.15, 0.2) is 0 Å². The number of hydrogen-bond acceptors (Lipinski definition) is 5. The summed E-state index contributed by atoms with van der Waals surface area (Å²) in [7, 11) is 2.16. The van der Waals surface area contributed by atoms with Crippen LogP contribution in [0.1, 0.15) is 18.4 Å². The van der Waals surface area contributed by atoms with Crippen LogP contribution in [0.3, 0.4) is 0 Å². The molecule has 0 saturated carbocycles. The summed E-state index contributed by atoms with van der Waals surface area (Å²) in [6, 6.07) is 25.2. The van der Waals surface area contributed by atoms with Gasteiger partial charge in [-0.15, -0.1) is 0 Å². The monoisotopic (exact) mass is 463 g/mol. The largest absolute Gasteiger partial charge is 0.489 e. The van der Waals surface area contributed by atoms with Crippen LogP contribution >= 0.6 is 0 Å². The third-order valence-corrected chi connectivity index (χ3v) is 6.81. The van der Waals surface area contributed by atoms with Crippen molar-refractivity contribution in [3.8, 4) is 5.75 Å². The zero-order valence-electron chi connectivity index (χ0n) is 19.9. The Balaban J connectivity index is 1.28. The topological polar surface area (TPSA) is 55.2 Å². The predicted molar refractivity (Wildman–Crippen MR) is 141 cm³/mol. The third kappa shape index (κ3) is 4.57. The molecule has 1 fully saturated rings. The summed E-state index contributed by atoms with van der Waals surface area (Å²) in [5.41, 5.74) is 4.36. The zero-order chi connectivity index (χ0) is 23.6. The molecule has 1 aliphatic rings. The molecule has 0 unspecified atom stereocenters. The van der Waals surface area contributed by atoms with Gasteiger partial charge in [0.1, 0.15) is 24.0 Å². The number of anilines is 2. The standard InChI is InChI=1S/C29H29N5O/c1-33-15-13-24(14-16-33)35-27-9-5-8-25-28(27)29(31-20-30-25)32-23-10-11-26-22(18-23)12-17-34(26)19-21-6-3-2-4-7-21/h2-12,17-18,20,24H,13-16,19H2,1H3,(H,30,31,32). The van der Waals surface area contributed by atoms with Gasteiger partial charge in [0.25, 0.3) is 0 Å². The Morgan fingerprint density at radius 3 is 2.66 bits per heavy atom. The van der Waals surface area contributed by atoms with Gasteiger partial charge in [-0.2, -0.15) is 0 Å². The summed E-state index contributed by atoms with van der Waals surface area (Å²) in [4.78, 5) is 11.4. The Labute approximate surface area is 205 Å². The van der Waals surface area contributed by atoms with Gasteiger partial charge in [-0.25, -0.2) is 9.97 Å². The van der Waals surface area contributed by atoms with Crippen molar-refractivity contribution < 1.29 is 4.74 Å². The fourth-order valence-corrected chi connectivity index (χ4v) is 4.89. The zero-order valence-corrected chi connectivity index (χ0v) is 19.9. The van der Waals surface area contributed by atoms with Crippen LogP contribution in [-0.2, 0) is 6.54 Å². The van der Waals surface area contributed by atoms with Crippen molar-refractivity contribution in [1.82, 2.24) is 19.4 Å². The first-order valence-corrected chi connectivity index (χ1v) is 12.2. The molecule has 3 aromatic carbocycles. The molecule has 0 aliphatic carbocycles. The van der Waals surface area contributed by atoms with Crippen molar-refractivity contribution in [3.05, 3.63) is 90.9 Å². The van der Waals surface area contributed by atoms with Crippen LogP contribution in [0.15, 0.2) is 85.3 Å². The molecule has 35 heavy (non-hydrogen) atoms. The summed E-state index contributed by atoms with van der Waals surface area (Å²) in [6.45, 7) is 2.97. The molecule has 0 radical (unpaired) electrons. The van der Waals surface area contributed by atoms with Crippen molar-refractivity contribution in [1.29, 1.82) is 0 Å². The molecular formula is C29H29N5O. The molecule has 0 bridgehead atoms. The number of rotatable bonds is 6. The van der Waals surface area contributed by atoms with Crippen LogP contribution in [0, 0.1) is 0 Å². The summed E-state index contributed by atoms with van der Waals surface area (Å²) in [6.07, 6.45) is 6.03. The van der Waals surface area contributed by atoms with Gasteiger partial charge in [0.05, 0.1) is 10.9 Å². The number of nitrogens with zero attached hydrogens (tertiary/aromatic N) is 4. The van der Waals surface area contributed by atoms with Crippen molar-refractivity contribution in [2.45, 2.75) is 25.5 Å². The number of hydrogen-bond donors (Lipinski definition) is 1. The Hall–Kier alpha value is -3.90. The molecule has 2 aromatic heterocycles. The number of benzene rings is 3. The first kappa shape index (κ1) is 21.6. The third-order valence-electron chi connectivity index (χ3n) is 6.81. The van der Waals surface area contributed by atoms with Crippen LogP contribution in [0.5, 0.6) is 5.75 Å². The van der Waals surface area contributed by atoms with Crippen molar-refractivity contribution >= 4 is 33.3 Å². The lowest BCUT2D eigenvalue weighted by molar-refractivity contribution is 0.116. The second-order valence-electron chi connectivity index (χ2n) is 9.32. The number of nitrogens with one attached hydrogen (secondary N) is 1. The van der Waals surface area contributed by atoms with E-state index >= 15 is 0 Å². The minimum absolute atomic E-state index is 0.214. The maximum Gasteiger partial charge on any atom is 0.145 e. The van der Waals surface area contributed by atoms with Gasteiger partial charge >= 0.3 is 0 Å². The van der Waals surface area contributed by atoms with Gasteiger partial charge in [-0.1, -0.05) is 36.4 Å². The first-order chi connectivity index (χ1) is 17.2. The van der Waals surface area contributed by atoms with Crippen LogP contribution < -0.4 is 10.1 Å². The average molecular weight is 464 g/mol. The molecule has 0 spiro atoms.